The fraction of sp³-hybridized carbons (Fsp3) is 0.462. The molecule has 2 rings (SSSR count). The predicted octanol–water partition coefficient (Wildman–Crippen LogP) is 4.20. The van der Waals surface area contributed by atoms with Crippen LogP contribution in [0.3, 0.4) is 0 Å². The van der Waals surface area contributed by atoms with Crippen LogP contribution in [0.2, 0.25) is 0 Å². The summed E-state index contributed by atoms with van der Waals surface area (Å²) in [5, 5.41) is 12.2. The minimum Gasteiger partial charge on any atom is -0.477 e. The van der Waals surface area contributed by atoms with Crippen LogP contribution in [0.4, 0.5) is 0 Å². The molecule has 1 N–H and O–H groups in total. The van der Waals surface area contributed by atoms with Crippen LogP contribution < -0.4 is 0 Å². The molecular weight excluding hydrogens is 312 g/mol. The van der Waals surface area contributed by atoms with Crippen LogP contribution in [0.5, 0.6) is 0 Å². The van der Waals surface area contributed by atoms with Crippen molar-refractivity contribution in [2.45, 2.75) is 43.2 Å². The van der Waals surface area contributed by atoms with Gasteiger partial charge in [0.25, 0.3) is 0 Å². The molecule has 0 unspecified atom stereocenters. The Kier molecular flexibility index (Phi) is 4.51. The molecule has 108 valence electrons. The van der Waals surface area contributed by atoms with Gasteiger partial charge in [0, 0.05) is 16.5 Å². The van der Waals surface area contributed by atoms with Gasteiger partial charge in [0.05, 0.1) is 16.4 Å². The molecule has 0 radical (unpaired) electrons. The maximum Gasteiger partial charge on any atom is 0.347 e. The third-order valence-electron chi connectivity index (χ3n) is 2.51. The topological polar surface area (TPSA) is 63.1 Å². The zero-order valence-electron chi connectivity index (χ0n) is 11.8. The number of aromatic carboxylic acids is 1. The summed E-state index contributed by atoms with van der Waals surface area (Å²) < 4.78 is 0.783. The number of hydrogen-bond acceptors (Lipinski definition) is 6. The van der Waals surface area contributed by atoms with Crippen LogP contribution in [0.25, 0.3) is 0 Å². The van der Waals surface area contributed by atoms with E-state index in [4.69, 9.17) is 5.11 Å². The van der Waals surface area contributed by atoms with Crippen molar-refractivity contribution >= 4 is 40.4 Å². The van der Waals surface area contributed by atoms with Crippen LogP contribution in [0, 0.1) is 6.92 Å². The molecule has 0 aromatic carbocycles. The van der Waals surface area contributed by atoms with Gasteiger partial charge in [0.15, 0.2) is 4.34 Å². The number of carboxylic acids is 1. The lowest BCUT2D eigenvalue weighted by Crippen LogP contribution is -2.10. The number of aryl methyl sites for hydroxylation is 1. The number of hydrogen-bond donors (Lipinski definition) is 1. The molecule has 0 aliphatic heterocycles. The first-order chi connectivity index (χ1) is 9.27. The lowest BCUT2D eigenvalue weighted by Gasteiger charge is -2.13. The van der Waals surface area contributed by atoms with Crippen LogP contribution >= 0.6 is 34.4 Å². The molecule has 2 heterocycles. The van der Waals surface area contributed by atoms with Gasteiger partial charge in [0.1, 0.15) is 4.88 Å². The first-order valence-electron chi connectivity index (χ1n) is 6.06. The van der Waals surface area contributed by atoms with Gasteiger partial charge in [-0.05, 0) is 6.92 Å². The van der Waals surface area contributed by atoms with E-state index in [2.05, 4.69) is 36.1 Å². The normalized spacial score (nSPS) is 11.8. The highest BCUT2D eigenvalue weighted by Crippen LogP contribution is 2.31. The molecule has 7 heteroatoms. The summed E-state index contributed by atoms with van der Waals surface area (Å²) in [5.74, 6) is -0.186. The van der Waals surface area contributed by atoms with Crippen molar-refractivity contribution in [1.29, 1.82) is 0 Å². The Morgan fingerprint density at radius 1 is 1.40 bits per heavy atom. The van der Waals surface area contributed by atoms with Crippen LogP contribution in [0.1, 0.15) is 46.8 Å². The minimum absolute atomic E-state index is 0.0713. The maximum absolute atomic E-state index is 11.0. The van der Waals surface area contributed by atoms with Crippen LogP contribution in [-0.2, 0) is 11.2 Å². The van der Waals surface area contributed by atoms with E-state index >= 15 is 0 Å². The smallest absolute Gasteiger partial charge is 0.347 e. The summed E-state index contributed by atoms with van der Waals surface area (Å²) in [5.41, 5.74) is 1.68. The molecule has 0 aliphatic carbocycles. The van der Waals surface area contributed by atoms with E-state index in [0.29, 0.717) is 10.6 Å². The average Bonchev–Trinajstić information content (AvgIpc) is 2.91. The lowest BCUT2D eigenvalue weighted by molar-refractivity contribution is 0.0701. The highest BCUT2D eigenvalue weighted by Gasteiger charge is 2.18. The first kappa shape index (κ1) is 15.5. The predicted molar refractivity (Wildman–Crippen MR) is 84.2 cm³/mol. The second-order valence-electron chi connectivity index (χ2n) is 5.38. The summed E-state index contributed by atoms with van der Waals surface area (Å²) >= 11 is 4.43. The number of carbonyl (C=O) groups is 1. The first-order valence-corrected chi connectivity index (χ1v) is 8.74. The quantitative estimate of drug-likeness (QED) is 0.852. The Balaban J connectivity index is 2.04. The van der Waals surface area contributed by atoms with Crippen molar-refractivity contribution in [3.63, 3.8) is 0 Å². The van der Waals surface area contributed by atoms with Crippen molar-refractivity contribution in [2.75, 3.05) is 0 Å². The van der Waals surface area contributed by atoms with E-state index < -0.39 is 5.97 Å². The highest BCUT2D eigenvalue weighted by atomic mass is 32.2. The standard InChI is InChI=1S/C13H16N2O2S3/c1-7-9(10(16)17)20-12(14-7)19-6-8-5-18-11(15-8)13(2,3)4/h5H,6H2,1-4H3,(H,16,17). The molecule has 4 nitrogen and oxygen atoms in total. The molecule has 0 saturated heterocycles. The minimum atomic E-state index is -0.907. The third-order valence-corrected chi connectivity index (χ3v) is 6.15. The van der Waals surface area contributed by atoms with Crippen molar-refractivity contribution in [3.8, 4) is 0 Å². The van der Waals surface area contributed by atoms with Gasteiger partial charge in [-0.1, -0.05) is 32.5 Å². The second-order valence-corrected chi connectivity index (χ2v) is 8.46. The summed E-state index contributed by atoms with van der Waals surface area (Å²) in [7, 11) is 0. The van der Waals surface area contributed by atoms with Gasteiger partial charge in [-0.25, -0.2) is 14.8 Å². The summed E-state index contributed by atoms with van der Waals surface area (Å²) in [6.45, 7) is 8.16. The maximum atomic E-state index is 11.0. The van der Waals surface area contributed by atoms with E-state index in [1.165, 1.54) is 23.1 Å². The van der Waals surface area contributed by atoms with Crippen molar-refractivity contribution in [1.82, 2.24) is 9.97 Å². The number of thiazole rings is 2. The van der Waals surface area contributed by atoms with E-state index in [9.17, 15) is 4.79 Å². The summed E-state index contributed by atoms with van der Waals surface area (Å²) in [6, 6.07) is 0. The SMILES string of the molecule is Cc1nc(SCc2csc(C(C)(C)C)n2)sc1C(=O)O. The number of aromatic nitrogens is 2. The van der Waals surface area contributed by atoms with Crippen LogP contribution in [0.15, 0.2) is 9.72 Å². The van der Waals surface area contributed by atoms with E-state index in [-0.39, 0.29) is 5.41 Å². The Hall–Kier alpha value is -0.920. The van der Waals surface area contributed by atoms with E-state index in [0.717, 1.165) is 20.8 Å². The van der Waals surface area contributed by atoms with Crippen LogP contribution in [-0.4, -0.2) is 21.0 Å². The number of thioether (sulfide) groups is 1. The third kappa shape index (κ3) is 3.59. The fourth-order valence-electron chi connectivity index (χ4n) is 1.49. The number of nitrogens with zero attached hydrogens (tertiary/aromatic N) is 2. The van der Waals surface area contributed by atoms with Gasteiger partial charge in [-0.15, -0.1) is 22.7 Å². The lowest BCUT2D eigenvalue weighted by atomic mass is 9.98. The molecule has 20 heavy (non-hydrogen) atoms. The molecular formula is C13H16N2O2S3. The Bertz CT molecular complexity index is 626. The molecule has 0 saturated carbocycles. The molecule has 2 aromatic rings. The van der Waals surface area contributed by atoms with E-state index in [1.54, 1.807) is 18.3 Å². The van der Waals surface area contributed by atoms with Gasteiger partial charge in [0.2, 0.25) is 0 Å². The summed E-state index contributed by atoms with van der Waals surface area (Å²) in [4.78, 5) is 20.2. The van der Waals surface area contributed by atoms with Gasteiger partial charge >= 0.3 is 5.97 Å². The van der Waals surface area contributed by atoms with Crippen molar-refractivity contribution in [3.05, 3.63) is 26.7 Å². The molecule has 0 atom stereocenters. The van der Waals surface area contributed by atoms with Gasteiger partial charge in [-0.2, -0.15) is 0 Å². The van der Waals surface area contributed by atoms with Crippen molar-refractivity contribution < 1.29 is 9.90 Å². The average molecular weight is 328 g/mol. The van der Waals surface area contributed by atoms with Gasteiger partial charge < -0.3 is 5.11 Å². The fourth-order valence-corrected chi connectivity index (χ4v) is 4.42. The zero-order valence-corrected chi connectivity index (χ0v) is 14.2. The zero-order chi connectivity index (χ0) is 14.9. The molecule has 0 spiro atoms. The largest absolute Gasteiger partial charge is 0.477 e. The van der Waals surface area contributed by atoms with Crippen molar-refractivity contribution in [2.24, 2.45) is 0 Å². The monoisotopic (exact) mass is 328 g/mol. The molecule has 0 fully saturated rings. The molecule has 2 aromatic heterocycles. The Labute approximate surface area is 130 Å². The Morgan fingerprint density at radius 3 is 2.60 bits per heavy atom. The summed E-state index contributed by atoms with van der Waals surface area (Å²) in [6.07, 6.45) is 0. The highest BCUT2D eigenvalue weighted by molar-refractivity contribution is 8.00. The molecule has 0 amide bonds. The Morgan fingerprint density at radius 2 is 2.10 bits per heavy atom. The van der Waals surface area contributed by atoms with Gasteiger partial charge in [-0.3, -0.25) is 0 Å². The second kappa shape index (κ2) is 5.83. The molecule has 0 bridgehead atoms. The van der Waals surface area contributed by atoms with E-state index in [1.807, 2.05) is 0 Å². The number of carboxylic acid groups (broad SMARTS) is 1. The number of rotatable bonds is 4. The molecule has 0 aliphatic rings.